The van der Waals surface area contributed by atoms with Gasteiger partial charge in [-0.2, -0.15) is 0 Å². The highest BCUT2D eigenvalue weighted by molar-refractivity contribution is 9.10. The van der Waals surface area contributed by atoms with Crippen molar-refractivity contribution in [2.75, 3.05) is 7.11 Å². The van der Waals surface area contributed by atoms with Crippen LogP contribution < -0.4 is 4.74 Å². The lowest BCUT2D eigenvalue weighted by Crippen LogP contribution is -1.99. The number of carbonyl (C=O) groups is 1. The van der Waals surface area contributed by atoms with Gasteiger partial charge >= 0.3 is 5.97 Å². The number of hydrogen-bond donors (Lipinski definition) is 1. The van der Waals surface area contributed by atoms with E-state index >= 15 is 0 Å². The van der Waals surface area contributed by atoms with E-state index < -0.39 is 5.97 Å². The Morgan fingerprint density at radius 2 is 2.21 bits per heavy atom. The smallest absolute Gasteiger partial charge is 0.339 e. The fraction of sp³-hybridized carbons (Fsp3) is 0.125. The molecule has 0 unspecified atom stereocenters. The molecule has 1 aromatic rings. The van der Waals surface area contributed by atoms with Crippen molar-refractivity contribution in [2.24, 2.45) is 5.18 Å². The molecular formula is C8H6BrNO4. The zero-order valence-corrected chi connectivity index (χ0v) is 8.74. The molecule has 0 spiro atoms. The Kier molecular flexibility index (Phi) is 3.19. The van der Waals surface area contributed by atoms with Crippen LogP contribution in [0.3, 0.4) is 0 Å². The summed E-state index contributed by atoms with van der Waals surface area (Å²) >= 11 is 3.02. The van der Waals surface area contributed by atoms with Crippen LogP contribution in [0.25, 0.3) is 0 Å². The lowest BCUT2D eigenvalue weighted by atomic mass is 10.1. The molecule has 0 aliphatic heterocycles. The van der Waals surface area contributed by atoms with Crippen LogP contribution in [0.5, 0.6) is 5.75 Å². The van der Waals surface area contributed by atoms with Crippen molar-refractivity contribution < 1.29 is 14.6 Å². The lowest BCUT2D eigenvalue weighted by molar-refractivity contribution is 0.0696. The van der Waals surface area contributed by atoms with Gasteiger partial charge in [0, 0.05) is 4.47 Å². The third kappa shape index (κ3) is 1.74. The molecule has 14 heavy (non-hydrogen) atoms. The highest BCUT2D eigenvalue weighted by Gasteiger charge is 2.19. The normalized spacial score (nSPS) is 9.57. The first-order valence-corrected chi connectivity index (χ1v) is 4.34. The number of carboxylic acids is 1. The number of aromatic carboxylic acids is 1. The molecule has 0 atom stereocenters. The predicted octanol–water partition coefficient (Wildman–Crippen LogP) is 2.55. The Morgan fingerprint density at radius 1 is 1.57 bits per heavy atom. The maximum absolute atomic E-state index is 10.8. The van der Waals surface area contributed by atoms with E-state index in [-0.39, 0.29) is 17.0 Å². The first-order valence-electron chi connectivity index (χ1n) is 3.55. The number of nitroso groups, excluding NO2 is 1. The largest absolute Gasteiger partial charge is 0.494 e. The quantitative estimate of drug-likeness (QED) is 0.847. The molecule has 0 saturated heterocycles. The topological polar surface area (TPSA) is 76.0 Å². The van der Waals surface area contributed by atoms with Gasteiger partial charge in [0.05, 0.1) is 7.11 Å². The van der Waals surface area contributed by atoms with Crippen LogP contribution in [0.15, 0.2) is 21.8 Å². The van der Waals surface area contributed by atoms with Crippen LogP contribution in [-0.4, -0.2) is 18.2 Å². The Morgan fingerprint density at radius 3 is 2.64 bits per heavy atom. The minimum Gasteiger partial charge on any atom is -0.494 e. The number of carboxylic acid groups (broad SMARTS) is 1. The maximum Gasteiger partial charge on any atom is 0.339 e. The summed E-state index contributed by atoms with van der Waals surface area (Å²) in [6, 6.07) is 2.95. The van der Waals surface area contributed by atoms with Gasteiger partial charge in [0.2, 0.25) is 0 Å². The maximum atomic E-state index is 10.8. The van der Waals surface area contributed by atoms with Crippen LogP contribution in [-0.2, 0) is 0 Å². The molecule has 1 aromatic carbocycles. The van der Waals surface area contributed by atoms with Crippen molar-refractivity contribution in [3.63, 3.8) is 0 Å². The minimum atomic E-state index is -1.23. The van der Waals surface area contributed by atoms with E-state index in [1.165, 1.54) is 19.2 Å². The fourth-order valence-corrected chi connectivity index (χ4v) is 1.50. The predicted molar refractivity (Wildman–Crippen MR) is 53.1 cm³/mol. The summed E-state index contributed by atoms with van der Waals surface area (Å²) in [4.78, 5) is 21.2. The molecule has 0 aromatic heterocycles. The Hall–Kier alpha value is -1.43. The number of benzene rings is 1. The monoisotopic (exact) mass is 259 g/mol. The number of halogens is 1. The Balaban J connectivity index is 3.50. The molecule has 6 heteroatoms. The number of rotatable bonds is 3. The van der Waals surface area contributed by atoms with Crippen molar-refractivity contribution >= 4 is 27.6 Å². The third-order valence-corrected chi connectivity index (χ3v) is 2.28. The van der Waals surface area contributed by atoms with Gasteiger partial charge < -0.3 is 9.84 Å². The molecule has 0 fully saturated rings. The van der Waals surface area contributed by atoms with Crippen molar-refractivity contribution in [3.8, 4) is 5.75 Å². The highest BCUT2D eigenvalue weighted by atomic mass is 79.9. The van der Waals surface area contributed by atoms with Gasteiger partial charge in [-0.1, -0.05) is 0 Å². The first-order chi connectivity index (χ1) is 6.61. The van der Waals surface area contributed by atoms with E-state index in [0.717, 1.165) is 0 Å². The van der Waals surface area contributed by atoms with E-state index in [2.05, 4.69) is 21.1 Å². The van der Waals surface area contributed by atoms with Crippen molar-refractivity contribution in [1.29, 1.82) is 0 Å². The van der Waals surface area contributed by atoms with Gasteiger partial charge in [-0.25, -0.2) is 4.79 Å². The second kappa shape index (κ2) is 4.19. The molecule has 0 saturated carbocycles. The van der Waals surface area contributed by atoms with Crippen LogP contribution in [0.2, 0.25) is 0 Å². The zero-order valence-electron chi connectivity index (χ0n) is 7.15. The van der Waals surface area contributed by atoms with Gasteiger partial charge in [-0.05, 0) is 33.2 Å². The van der Waals surface area contributed by atoms with Gasteiger partial charge in [0.1, 0.15) is 11.3 Å². The Labute approximate surface area is 87.8 Å². The van der Waals surface area contributed by atoms with Crippen LogP contribution in [0.4, 0.5) is 5.69 Å². The van der Waals surface area contributed by atoms with Crippen molar-refractivity contribution in [3.05, 3.63) is 27.1 Å². The molecule has 74 valence electrons. The molecule has 1 N–H and O–H groups in total. The van der Waals surface area contributed by atoms with E-state index in [0.29, 0.717) is 4.47 Å². The molecule has 0 radical (unpaired) electrons. The summed E-state index contributed by atoms with van der Waals surface area (Å²) in [7, 11) is 1.34. The molecule has 0 heterocycles. The van der Waals surface area contributed by atoms with Gasteiger partial charge in [-0.15, -0.1) is 4.91 Å². The molecule has 0 bridgehead atoms. The minimum absolute atomic E-state index is 0.139. The average Bonchev–Trinajstić information content (AvgIpc) is 2.16. The summed E-state index contributed by atoms with van der Waals surface area (Å²) in [5.41, 5.74) is -0.409. The van der Waals surface area contributed by atoms with Crippen molar-refractivity contribution in [2.45, 2.75) is 0 Å². The highest BCUT2D eigenvalue weighted by Crippen LogP contribution is 2.35. The third-order valence-electron chi connectivity index (χ3n) is 1.62. The van der Waals surface area contributed by atoms with Crippen molar-refractivity contribution in [1.82, 2.24) is 0 Å². The molecule has 0 aliphatic carbocycles. The molecular weight excluding hydrogens is 254 g/mol. The summed E-state index contributed by atoms with van der Waals surface area (Å²) in [5.74, 6) is -1.09. The average molecular weight is 260 g/mol. The molecule has 0 aliphatic rings. The summed E-state index contributed by atoms with van der Waals surface area (Å²) in [5, 5.41) is 11.5. The standard InChI is InChI=1S/C8H6BrNO4/c1-14-5-3-2-4(9)6(8(11)12)7(5)10-13/h2-3H,1H3,(H,11,12). The number of hydrogen-bond acceptors (Lipinski definition) is 4. The van der Waals surface area contributed by atoms with E-state index in [1.807, 2.05) is 0 Å². The van der Waals surface area contributed by atoms with Crippen LogP contribution >= 0.6 is 15.9 Å². The van der Waals surface area contributed by atoms with E-state index in [1.54, 1.807) is 0 Å². The second-order valence-electron chi connectivity index (χ2n) is 2.37. The zero-order chi connectivity index (χ0) is 10.7. The summed E-state index contributed by atoms with van der Waals surface area (Å²) in [6.07, 6.45) is 0. The van der Waals surface area contributed by atoms with E-state index in [9.17, 15) is 9.70 Å². The molecule has 5 nitrogen and oxygen atoms in total. The number of ether oxygens (including phenoxy) is 1. The number of methoxy groups -OCH3 is 1. The SMILES string of the molecule is COc1ccc(Br)c(C(=O)O)c1N=O. The molecule has 1 rings (SSSR count). The van der Waals surface area contributed by atoms with Crippen LogP contribution in [0, 0.1) is 4.91 Å². The summed E-state index contributed by atoms with van der Waals surface area (Å²) < 4.78 is 5.10. The fourth-order valence-electron chi connectivity index (χ4n) is 1.01. The number of nitrogens with zero attached hydrogens (tertiary/aromatic N) is 1. The lowest BCUT2D eigenvalue weighted by Gasteiger charge is -2.06. The Bertz CT molecular complexity index is 391. The first kappa shape index (κ1) is 10.6. The second-order valence-corrected chi connectivity index (χ2v) is 3.22. The van der Waals surface area contributed by atoms with E-state index in [4.69, 9.17) is 9.84 Å². The molecule has 0 amide bonds. The van der Waals surface area contributed by atoms with Gasteiger partial charge in [0.15, 0.2) is 5.69 Å². The summed E-state index contributed by atoms with van der Waals surface area (Å²) in [6.45, 7) is 0. The van der Waals surface area contributed by atoms with Crippen LogP contribution in [0.1, 0.15) is 10.4 Å². The van der Waals surface area contributed by atoms with Gasteiger partial charge in [0.25, 0.3) is 0 Å². The van der Waals surface area contributed by atoms with Gasteiger partial charge in [-0.3, -0.25) is 0 Å².